The maximum atomic E-state index is 11.3. The average molecular weight is 263 g/mol. The van der Waals surface area contributed by atoms with Gasteiger partial charge in [-0.05, 0) is 30.9 Å². The SMILES string of the molecule is CCCNc1cccc(NC2CC2CC)c1[N+](=O)[O-]. The molecule has 1 aromatic rings. The summed E-state index contributed by atoms with van der Waals surface area (Å²) in [7, 11) is 0. The molecule has 0 radical (unpaired) electrons. The van der Waals surface area contributed by atoms with Crippen molar-refractivity contribution in [3.8, 4) is 0 Å². The molecule has 0 saturated heterocycles. The largest absolute Gasteiger partial charge is 0.379 e. The van der Waals surface area contributed by atoms with Gasteiger partial charge < -0.3 is 10.6 Å². The Morgan fingerprint density at radius 2 is 2.11 bits per heavy atom. The lowest BCUT2D eigenvalue weighted by Gasteiger charge is -2.11. The third kappa shape index (κ3) is 3.16. The maximum absolute atomic E-state index is 11.3. The summed E-state index contributed by atoms with van der Waals surface area (Å²) in [6.07, 6.45) is 3.18. The van der Waals surface area contributed by atoms with Crippen LogP contribution in [0.5, 0.6) is 0 Å². The summed E-state index contributed by atoms with van der Waals surface area (Å²) in [6, 6.07) is 5.81. The second kappa shape index (κ2) is 5.91. The molecule has 2 unspecified atom stereocenters. The minimum atomic E-state index is -0.302. The smallest absolute Gasteiger partial charge is 0.315 e. The Hall–Kier alpha value is -1.78. The fraction of sp³-hybridized carbons (Fsp3) is 0.571. The molecule has 2 atom stereocenters. The Balaban J connectivity index is 2.19. The highest BCUT2D eigenvalue weighted by Crippen LogP contribution is 2.40. The number of nitrogens with one attached hydrogen (secondary N) is 2. The van der Waals surface area contributed by atoms with Gasteiger partial charge in [0.05, 0.1) is 4.92 Å². The first-order valence-corrected chi connectivity index (χ1v) is 6.95. The Bertz CT molecular complexity index is 462. The van der Waals surface area contributed by atoms with Crippen LogP contribution in [0.15, 0.2) is 18.2 Å². The van der Waals surface area contributed by atoms with E-state index >= 15 is 0 Å². The second-order valence-electron chi connectivity index (χ2n) is 5.04. The molecule has 5 nitrogen and oxygen atoms in total. The van der Waals surface area contributed by atoms with Gasteiger partial charge >= 0.3 is 5.69 Å². The van der Waals surface area contributed by atoms with E-state index in [1.165, 1.54) is 0 Å². The molecule has 0 aromatic heterocycles. The summed E-state index contributed by atoms with van der Waals surface area (Å²) in [5.41, 5.74) is 1.40. The number of nitro benzene ring substituents is 1. The van der Waals surface area contributed by atoms with Crippen LogP contribution in [0.4, 0.5) is 17.1 Å². The lowest BCUT2D eigenvalue weighted by molar-refractivity contribution is -0.383. The third-order valence-electron chi connectivity index (χ3n) is 3.57. The molecular weight excluding hydrogens is 242 g/mol. The van der Waals surface area contributed by atoms with Gasteiger partial charge in [0.1, 0.15) is 11.4 Å². The molecule has 0 bridgehead atoms. The fourth-order valence-electron chi connectivity index (χ4n) is 2.33. The van der Waals surface area contributed by atoms with Crippen LogP contribution in [0.2, 0.25) is 0 Å². The fourth-order valence-corrected chi connectivity index (χ4v) is 2.33. The van der Waals surface area contributed by atoms with E-state index in [1.807, 2.05) is 13.0 Å². The predicted molar refractivity (Wildman–Crippen MR) is 77.7 cm³/mol. The van der Waals surface area contributed by atoms with Crippen molar-refractivity contribution in [2.75, 3.05) is 17.2 Å². The van der Waals surface area contributed by atoms with Crippen molar-refractivity contribution in [3.63, 3.8) is 0 Å². The van der Waals surface area contributed by atoms with Crippen molar-refractivity contribution < 1.29 is 4.92 Å². The van der Waals surface area contributed by atoms with Crippen LogP contribution in [-0.4, -0.2) is 17.5 Å². The molecule has 0 spiro atoms. The molecule has 2 N–H and O–H groups in total. The predicted octanol–water partition coefficient (Wildman–Crippen LogP) is 3.63. The summed E-state index contributed by atoms with van der Waals surface area (Å²) in [4.78, 5) is 11.0. The summed E-state index contributed by atoms with van der Waals surface area (Å²) >= 11 is 0. The molecule has 1 aromatic carbocycles. The first kappa shape index (κ1) is 13.6. The van der Waals surface area contributed by atoms with E-state index in [2.05, 4.69) is 17.6 Å². The number of hydrogen-bond donors (Lipinski definition) is 2. The van der Waals surface area contributed by atoms with Crippen molar-refractivity contribution in [2.45, 2.75) is 39.2 Å². The van der Waals surface area contributed by atoms with E-state index in [4.69, 9.17) is 0 Å². The Kier molecular flexibility index (Phi) is 4.24. The zero-order chi connectivity index (χ0) is 13.8. The number of hydrogen-bond acceptors (Lipinski definition) is 4. The number of benzene rings is 1. The van der Waals surface area contributed by atoms with Gasteiger partial charge in [0.2, 0.25) is 0 Å². The Labute approximate surface area is 113 Å². The van der Waals surface area contributed by atoms with Gasteiger partial charge in [0, 0.05) is 12.6 Å². The number of rotatable bonds is 7. The number of anilines is 2. The maximum Gasteiger partial charge on any atom is 0.315 e. The van der Waals surface area contributed by atoms with Crippen LogP contribution < -0.4 is 10.6 Å². The van der Waals surface area contributed by atoms with Gasteiger partial charge in [-0.1, -0.05) is 26.3 Å². The molecule has 0 heterocycles. The Morgan fingerprint density at radius 1 is 1.37 bits per heavy atom. The monoisotopic (exact) mass is 263 g/mol. The van der Waals surface area contributed by atoms with E-state index in [0.29, 0.717) is 23.3 Å². The van der Waals surface area contributed by atoms with Crippen LogP contribution in [0.25, 0.3) is 0 Å². The molecule has 1 fully saturated rings. The zero-order valence-electron chi connectivity index (χ0n) is 11.5. The van der Waals surface area contributed by atoms with Gasteiger partial charge in [0.25, 0.3) is 0 Å². The van der Waals surface area contributed by atoms with Crippen LogP contribution >= 0.6 is 0 Å². The van der Waals surface area contributed by atoms with Crippen molar-refractivity contribution in [1.29, 1.82) is 0 Å². The molecule has 2 rings (SSSR count). The first-order valence-electron chi connectivity index (χ1n) is 6.95. The summed E-state index contributed by atoms with van der Waals surface area (Å²) < 4.78 is 0. The van der Waals surface area contributed by atoms with Crippen LogP contribution in [0.3, 0.4) is 0 Å². The molecule has 1 aliphatic rings. The summed E-state index contributed by atoms with van der Waals surface area (Å²) in [5.74, 6) is 0.659. The van der Waals surface area contributed by atoms with Crippen molar-refractivity contribution >= 4 is 17.1 Å². The Morgan fingerprint density at radius 3 is 2.68 bits per heavy atom. The zero-order valence-corrected chi connectivity index (χ0v) is 11.5. The van der Waals surface area contributed by atoms with Gasteiger partial charge in [-0.2, -0.15) is 0 Å². The molecule has 1 aliphatic carbocycles. The third-order valence-corrected chi connectivity index (χ3v) is 3.57. The molecule has 1 saturated carbocycles. The van der Waals surface area contributed by atoms with Crippen LogP contribution in [0.1, 0.15) is 33.1 Å². The van der Waals surface area contributed by atoms with E-state index < -0.39 is 0 Å². The van der Waals surface area contributed by atoms with E-state index in [-0.39, 0.29) is 10.6 Å². The van der Waals surface area contributed by atoms with Gasteiger partial charge in [0.15, 0.2) is 0 Å². The van der Waals surface area contributed by atoms with Gasteiger partial charge in [-0.15, -0.1) is 0 Å². The van der Waals surface area contributed by atoms with Crippen LogP contribution in [0, 0.1) is 16.0 Å². The average Bonchev–Trinajstić information content (AvgIpc) is 3.14. The minimum Gasteiger partial charge on any atom is -0.379 e. The van der Waals surface area contributed by atoms with E-state index in [0.717, 1.165) is 25.8 Å². The number of nitro groups is 1. The number of nitrogens with zero attached hydrogens (tertiary/aromatic N) is 1. The first-order chi connectivity index (χ1) is 9.17. The normalized spacial score (nSPS) is 20.9. The highest BCUT2D eigenvalue weighted by Gasteiger charge is 2.36. The highest BCUT2D eigenvalue weighted by molar-refractivity contribution is 5.76. The molecule has 0 amide bonds. The van der Waals surface area contributed by atoms with Gasteiger partial charge in [-0.25, -0.2) is 0 Å². The molecule has 19 heavy (non-hydrogen) atoms. The lowest BCUT2D eigenvalue weighted by atomic mass is 10.2. The topological polar surface area (TPSA) is 67.2 Å². The van der Waals surface area contributed by atoms with Crippen LogP contribution in [-0.2, 0) is 0 Å². The van der Waals surface area contributed by atoms with Crippen molar-refractivity contribution in [3.05, 3.63) is 28.3 Å². The highest BCUT2D eigenvalue weighted by atomic mass is 16.6. The lowest BCUT2D eigenvalue weighted by Crippen LogP contribution is -2.09. The van der Waals surface area contributed by atoms with Crippen molar-refractivity contribution in [2.24, 2.45) is 5.92 Å². The molecule has 5 heteroatoms. The molecular formula is C14H21N3O2. The van der Waals surface area contributed by atoms with E-state index in [1.54, 1.807) is 12.1 Å². The quantitative estimate of drug-likeness (QED) is 0.582. The molecule has 104 valence electrons. The molecule has 0 aliphatic heterocycles. The second-order valence-corrected chi connectivity index (χ2v) is 5.04. The summed E-state index contributed by atoms with van der Waals surface area (Å²) in [6.45, 7) is 4.93. The van der Waals surface area contributed by atoms with Gasteiger partial charge in [-0.3, -0.25) is 10.1 Å². The van der Waals surface area contributed by atoms with E-state index in [9.17, 15) is 10.1 Å². The van der Waals surface area contributed by atoms with Crippen molar-refractivity contribution in [1.82, 2.24) is 0 Å². The standard InChI is InChI=1S/C14H21N3O2/c1-3-8-15-11-6-5-7-12(14(11)17(18)19)16-13-9-10(13)4-2/h5-7,10,13,15-16H,3-4,8-9H2,1-2H3. The summed E-state index contributed by atoms with van der Waals surface area (Å²) in [5, 5.41) is 17.7. The number of para-hydroxylation sites is 1. The minimum absolute atomic E-state index is 0.165.